The van der Waals surface area contributed by atoms with Crippen LogP contribution >= 0.6 is 11.6 Å². The predicted octanol–water partition coefficient (Wildman–Crippen LogP) is 5.25. The zero-order valence-electron chi connectivity index (χ0n) is 19.6. The Labute approximate surface area is 211 Å². The summed E-state index contributed by atoms with van der Waals surface area (Å²) in [6.45, 7) is 4.81. The average molecular weight is 485 g/mol. The molecule has 7 heteroatoms. The van der Waals surface area contributed by atoms with E-state index in [0.717, 1.165) is 48.5 Å². The van der Waals surface area contributed by atoms with Gasteiger partial charge in [-0.1, -0.05) is 78.3 Å². The molecule has 35 heavy (non-hydrogen) atoms. The summed E-state index contributed by atoms with van der Waals surface area (Å²) in [5.74, 6) is 1.56. The summed E-state index contributed by atoms with van der Waals surface area (Å²) in [6.07, 6.45) is 1.63. The van der Waals surface area contributed by atoms with E-state index in [2.05, 4.69) is 79.3 Å². The largest absolute Gasteiger partial charge is 0.393 e. The number of aromatic nitrogens is 2. The molecule has 4 aromatic rings. The minimum atomic E-state index is 0.621. The van der Waals surface area contributed by atoms with Crippen molar-refractivity contribution in [3.63, 3.8) is 0 Å². The maximum atomic E-state index is 6.75. The predicted molar refractivity (Wildman–Crippen MR) is 145 cm³/mol. The minimum absolute atomic E-state index is 0.621. The van der Waals surface area contributed by atoms with Gasteiger partial charge in [-0.05, 0) is 29.3 Å². The van der Waals surface area contributed by atoms with Crippen molar-refractivity contribution in [1.29, 1.82) is 0 Å². The second kappa shape index (κ2) is 10.7. The van der Waals surface area contributed by atoms with E-state index in [-0.39, 0.29) is 0 Å². The van der Waals surface area contributed by atoms with Crippen molar-refractivity contribution in [3.05, 3.63) is 107 Å². The first-order chi connectivity index (χ1) is 17.2. The molecule has 0 bridgehead atoms. The second-order valence-corrected chi connectivity index (χ2v) is 9.15. The number of anilines is 4. The molecular formula is C28H29ClN6. The first-order valence-electron chi connectivity index (χ1n) is 11.9. The molecule has 1 aromatic heterocycles. The van der Waals surface area contributed by atoms with Crippen molar-refractivity contribution in [3.8, 4) is 0 Å². The molecule has 3 aromatic carbocycles. The van der Waals surface area contributed by atoms with E-state index in [1.807, 2.05) is 30.3 Å². The van der Waals surface area contributed by atoms with E-state index in [1.54, 1.807) is 6.33 Å². The molecule has 1 aliphatic rings. The van der Waals surface area contributed by atoms with E-state index in [9.17, 15) is 0 Å². The molecule has 0 aliphatic carbocycles. The van der Waals surface area contributed by atoms with Gasteiger partial charge in [0.05, 0.1) is 0 Å². The van der Waals surface area contributed by atoms with E-state index >= 15 is 0 Å². The molecule has 1 saturated heterocycles. The average Bonchev–Trinajstić information content (AvgIpc) is 2.90. The van der Waals surface area contributed by atoms with E-state index in [4.69, 9.17) is 17.3 Å². The van der Waals surface area contributed by atoms with Crippen LogP contribution in [0.1, 0.15) is 11.1 Å². The molecule has 5 rings (SSSR count). The molecule has 0 atom stereocenters. The number of hydrogen-bond donors (Lipinski definition) is 1. The maximum absolute atomic E-state index is 6.75. The van der Waals surface area contributed by atoms with Gasteiger partial charge in [0.15, 0.2) is 11.6 Å². The standard InChI is InChI=1S/C28H29ClN6/c29-24-12-7-13-25(18-24)33-14-16-34(17-15-33)27-26(30)28(32-21-31-27)35(19-22-8-3-1-4-9-22)20-23-10-5-2-6-11-23/h1-13,18,21H,14-17,19-20,30H2. The van der Waals surface area contributed by atoms with Crippen molar-refractivity contribution in [2.75, 3.05) is 46.6 Å². The molecule has 2 heterocycles. The molecule has 2 N–H and O–H groups in total. The van der Waals surface area contributed by atoms with Gasteiger partial charge in [-0.3, -0.25) is 0 Å². The fourth-order valence-electron chi connectivity index (χ4n) is 4.54. The number of piperazine rings is 1. The summed E-state index contributed by atoms with van der Waals surface area (Å²) in [7, 11) is 0. The topological polar surface area (TPSA) is 61.5 Å². The monoisotopic (exact) mass is 484 g/mol. The molecule has 0 saturated carbocycles. The summed E-state index contributed by atoms with van der Waals surface area (Å²) in [5.41, 5.74) is 10.9. The quantitative estimate of drug-likeness (QED) is 0.387. The molecule has 1 fully saturated rings. The highest BCUT2D eigenvalue weighted by atomic mass is 35.5. The first-order valence-corrected chi connectivity index (χ1v) is 12.2. The van der Waals surface area contributed by atoms with Crippen molar-refractivity contribution in [2.24, 2.45) is 0 Å². The van der Waals surface area contributed by atoms with Crippen LogP contribution in [0, 0.1) is 0 Å². The Bertz CT molecular complexity index is 1200. The minimum Gasteiger partial charge on any atom is -0.393 e. The van der Waals surface area contributed by atoms with E-state index < -0.39 is 0 Å². The Morgan fingerprint density at radius 1 is 0.743 bits per heavy atom. The van der Waals surface area contributed by atoms with Crippen LogP contribution < -0.4 is 20.4 Å². The van der Waals surface area contributed by atoms with Crippen LogP contribution in [0.25, 0.3) is 0 Å². The van der Waals surface area contributed by atoms with Crippen molar-refractivity contribution in [1.82, 2.24) is 9.97 Å². The van der Waals surface area contributed by atoms with Crippen LogP contribution in [0.15, 0.2) is 91.3 Å². The fourth-order valence-corrected chi connectivity index (χ4v) is 4.73. The van der Waals surface area contributed by atoms with E-state index in [1.165, 1.54) is 11.1 Å². The maximum Gasteiger partial charge on any atom is 0.158 e. The molecule has 0 radical (unpaired) electrons. The number of benzene rings is 3. The third kappa shape index (κ3) is 5.49. The Morgan fingerprint density at radius 3 is 1.94 bits per heavy atom. The first kappa shape index (κ1) is 23.0. The van der Waals surface area contributed by atoms with Crippen molar-refractivity contribution in [2.45, 2.75) is 13.1 Å². The zero-order chi connectivity index (χ0) is 24.0. The second-order valence-electron chi connectivity index (χ2n) is 8.72. The van der Waals surface area contributed by atoms with Gasteiger partial charge >= 0.3 is 0 Å². The Kier molecular flexibility index (Phi) is 7.00. The Morgan fingerprint density at radius 2 is 1.34 bits per heavy atom. The smallest absolute Gasteiger partial charge is 0.158 e. The normalized spacial score (nSPS) is 13.6. The number of nitrogen functional groups attached to an aromatic ring is 1. The number of nitrogens with zero attached hydrogens (tertiary/aromatic N) is 5. The zero-order valence-corrected chi connectivity index (χ0v) is 20.4. The lowest BCUT2D eigenvalue weighted by Gasteiger charge is -2.37. The highest BCUT2D eigenvalue weighted by Gasteiger charge is 2.23. The van der Waals surface area contributed by atoms with Crippen LogP contribution in [0.5, 0.6) is 0 Å². The summed E-state index contributed by atoms with van der Waals surface area (Å²) >= 11 is 6.20. The lowest BCUT2D eigenvalue weighted by atomic mass is 10.1. The van der Waals surface area contributed by atoms with Crippen LogP contribution in [-0.4, -0.2) is 36.1 Å². The lowest BCUT2D eigenvalue weighted by molar-refractivity contribution is 0.647. The number of rotatable bonds is 7. The van der Waals surface area contributed by atoms with Crippen molar-refractivity contribution >= 4 is 34.6 Å². The highest BCUT2D eigenvalue weighted by molar-refractivity contribution is 6.30. The Hall–Kier alpha value is -3.77. The van der Waals surface area contributed by atoms with Gasteiger partial charge in [0.1, 0.15) is 12.0 Å². The van der Waals surface area contributed by atoms with Crippen molar-refractivity contribution < 1.29 is 0 Å². The molecule has 0 unspecified atom stereocenters. The van der Waals surface area contributed by atoms with Crippen LogP contribution in [0.2, 0.25) is 5.02 Å². The lowest BCUT2D eigenvalue weighted by Crippen LogP contribution is -2.47. The van der Waals surface area contributed by atoms with E-state index in [0.29, 0.717) is 18.8 Å². The molecule has 0 amide bonds. The Balaban J connectivity index is 1.38. The molecular weight excluding hydrogens is 456 g/mol. The summed E-state index contributed by atoms with van der Waals surface area (Å²) in [6, 6.07) is 28.8. The van der Waals surface area contributed by atoms with Crippen LogP contribution in [0.4, 0.5) is 23.0 Å². The summed E-state index contributed by atoms with van der Waals surface area (Å²) < 4.78 is 0. The number of halogens is 1. The molecule has 0 spiro atoms. The molecule has 178 valence electrons. The molecule has 1 aliphatic heterocycles. The van der Waals surface area contributed by atoms with Gasteiger partial charge in [-0.2, -0.15) is 0 Å². The third-order valence-corrected chi connectivity index (χ3v) is 6.56. The fraction of sp³-hybridized carbons (Fsp3) is 0.214. The summed E-state index contributed by atoms with van der Waals surface area (Å²) in [5, 5.41) is 0.756. The highest BCUT2D eigenvalue weighted by Crippen LogP contribution is 2.32. The van der Waals surface area contributed by atoms with Crippen LogP contribution in [-0.2, 0) is 13.1 Å². The van der Waals surface area contributed by atoms with Crippen LogP contribution in [0.3, 0.4) is 0 Å². The molecule has 6 nitrogen and oxygen atoms in total. The summed E-state index contributed by atoms with van der Waals surface area (Å²) in [4.78, 5) is 16.1. The SMILES string of the molecule is Nc1c(N2CCN(c3cccc(Cl)c3)CC2)ncnc1N(Cc1ccccc1)Cc1ccccc1. The van der Waals surface area contributed by atoms with Gasteiger partial charge < -0.3 is 20.4 Å². The van der Waals surface area contributed by atoms with Gasteiger partial charge in [0.2, 0.25) is 0 Å². The number of nitrogens with two attached hydrogens (primary N) is 1. The third-order valence-electron chi connectivity index (χ3n) is 6.33. The van der Waals surface area contributed by atoms with Gasteiger partial charge in [0.25, 0.3) is 0 Å². The number of hydrogen-bond acceptors (Lipinski definition) is 6. The van der Waals surface area contributed by atoms with Gasteiger partial charge in [-0.15, -0.1) is 0 Å². The van der Waals surface area contributed by atoms with Gasteiger partial charge in [0, 0.05) is 50.0 Å². The van der Waals surface area contributed by atoms with Gasteiger partial charge in [-0.25, -0.2) is 9.97 Å².